The molecule has 2 rings (SSSR count). The van der Waals surface area contributed by atoms with Crippen LogP contribution < -0.4 is 5.11 Å². The van der Waals surface area contributed by atoms with E-state index in [1.165, 1.54) is 23.1 Å². The third-order valence-corrected chi connectivity index (χ3v) is 4.53. The number of thiocarbonyl (C=S) groups is 1. The van der Waals surface area contributed by atoms with Gasteiger partial charge < -0.3 is 9.90 Å². The predicted octanol–water partition coefficient (Wildman–Crippen LogP) is 2.44. The Labute approximate surface area is 145 Å². The van der Waals surface area contributed by atoms with Crippen LogP contribution in [-0.4, -0.2) is 27.6 Å². The summed E-state index contributed by atoms with van der Waals surface area (Å²) in [7, 11) is 0. The van der Waals surface area contributed by atoms with Crippen LogP contribution in [0.2, 0.25) is 0 Å². The van der Waals surface area contributed by atoms with E-state index < -0.39 is 23.6 Å². The molecule has 0 atom stereocenters. The highest BCUT2D eigenvalue weighted by Gasteiger charge is 2.32. The lowest BCUT2D eigenvalue weighted by Gasteiger charge is -2.14. The maximum absolute atomic E-state index is 12.7. The number of carboxylic acid groups (broad SMARTS) is 1. The highest BCUT2D eigenvalue weighted by molar-refractivity contribution is 8.26. The second-order valence-electron chi connectivity index (χ2n) is 4.93. The third kappa shape index (κ3) is 4.57. The fourth-order valence-corrected chi connectivity index (χ4v) is 3.34. The number of hydrogen-bond acceptors (Lipinski definition) is 5. The number of aliphatic carboxylic acids is 1. The first-order chi connectivity index (χ1) is 11.2. The van der Waals surface area contributed by atoms with Crippen LogP contribution in [0.3, 0.4) is 0 Å². The van der Waals surface area contributed by atoms with E-state index in [9.17, 15) is 27.9 Å². The molecule has 0 aromatic heterocycles. The van der Waals surface area contributed by atoms with Gasteiger partial charge in [-0.2, -0.15) is 13.2 Å². The maximum atomic E-state index is 12.7. The molecule has 128 valence electrons. The Balaban J connectivity index is 2.15. The number of amides is 1. The van der Waals surface area contributed by atoms with Gasteiger partial charge in [0.2, 0.25) is 0 Å². The van der Waals surface area contributed by atoms with Gasteiger partial charge in [-0.15, -0.1) is 0 Å². The van der Waals surface area contributed by atoms with E-state index in [0.717, 1.165) is 23.9 Å². The van der Waals surface area contributed by atoms with Crippen molar-refractivity contribution in [2.75, 3.05) is 6.54 Å². The molecule has 0 saturated carbocycles. The fourth-order valence-electron chi connectivity index (χ4n) is 2.03. The summed E-state index contributed by atoms with van der Waals surface area (Å²) in [6.07, 6.45) is -3.14. The van der Waals surface area contributed by atoms with Crippen molar-refractivity contribution < 1.29 is 27.9 Å². The number of alkyl halides is 3. The minimum atomic E-state index is -4.46. The van der Waals surface area contributed by atoms with Crippen LogP contribution in [0, 0.1) is 0 Å². The summed E-state index contributed by atoms with van der Waals surface area (Å²) >= 11 is 6.03. The first-order valence-electron chi connectivity index (χ1n) is 6.81. The molecule has 0 unspecified atom stereocenters. The lowest BCUT2D eigenvalue weighted by atomic mass is 10.1. The molecule has 0 N–H and O–H groups in total. The number of nitrogens with zero attached hydrogens (tertiary/aromatic N) is 1. The van der Waals surface area contributed by atoms with Crippen molar-refractivity contribution in [1.82, 2.24) is 4.90 Å². The summed E-state index contributed by atoms with van der Waals surface area (Å²) in [5.41, 5.74) is -0.569. The highest BCUT2D eigenvalue weighted by atomic mass is 32.2. The number of carboxylic acids is 1. The van der Waals surface area contributed by atoms with Gasteiger partial charge in [0.15, 0.2) is 0 Å². The molecule has 1 amide bonds. The molecule has 0 spiro atoms. The monoisotopic (exact) mass is 374 g/mol. The number of hydrogen-bond donors (Lipinski definition) is 0. The molecule has 1 aromatic rings. The van der Waals surface area contributed by atoms with Crippen molar-refractivity contribution in [3.05, 3.63) is 40.3 Å². The number of carbonyl (C=O) groups is 2. The number of halogens is 3. The van der Waals surface area contributed by atoms with Crippen LogP contribution in [0.1, 0.15) is 24.0 Å². The Morgan fingerprint density at radius 3 is 2.71 bits per heavy atom. The van der Waals surface area contributed by atoms with Crippen molar-refractivity contribution in [2.24, 2.45) is 0 Å². The van der Waals surface area contributed by atoms with Crippen LogP contribution in [-0.2, 0) is 15.8 Å². The van der Waals surface area contributed by atoms with Crippen LogP contribution in [0.15, 0.2) is 29.2 Å². The zero-order chi connectivity index (χ0) is 17.9. The van der Waals surface area contributed by atoms with Gasteiger partial charge in [-0.25, -0.2) is 0 Å². The smallest absolute Gasteiger partial charge is 0.416 e. The average Bonchev–Trinajstić information content (AvgIpc) is 2.74. The van der Waals surface area contributed by atoms with E-state index in [4.69, 9.17) is 12.2 Å². The van der Waals surface area contributed by atoms with Crippen molar-refractivity contribution in [3.63, 3.8) is 0 Å². The van der Waals surface area contributed by atoms with Crippen molar-refractivity contribution in [1.29, 1.82) is 0 Å². The van der Waals surface area contributed by atoms with Gasteiger partial charge in [0, 0.05) is 12.5 Å². The van der Waals surface area contributed by atoms with E-state index >= 15 is 0 Å². The van der Waals surface area contributed by atoms with Gasteiger partial charge in [-0.3, -0.25) is 9.69 Å². The molecule has 1 heterocycles. The average molecular weight is 374 g/mol. The normalized spacial score (nSPS) is 17.0. The van der Waals surface area contributed by atoms with Crippen molar-refractivity contribution in [2.45, 2.75) is 19.0 Å². The van der Waals surface area contributed by atoms with Crippen LogP contribution in [0.4, 0.5) is 13.2 Å². The minimum absolute atomic E-state index is 0.124. The van der Waals surface area contributed by atoms with Crippen LogP contribution >= 0.6 is 24.0 Å². The number of carbonyl (C=O) groups excluding carboxylic acids is 2. The quantitative estimate of drug-likeness (QED) is 0.585. The summed E-state index contributed by atoms with van der Waals surface area (Å²) in [6, 6.07) is 4.61. The second-order valence-corrected chi connectivity index (χ2v) is 6.61. The van der Waals surface area contributed by atoms with E-state index in [1.807, 2.05) is 0 Å². The molecule has 1 aromatic carbocycles. The zero-order valence-corrected chi connectivity index (χ0v) is 13.8. The maximum Gasteiger partial charge on any atom is 0.416 e. The summed E-state index contributed by atoms with van der Waals surface area (Å²) in [6.45, 7) is 0.124. The molecule has 1 aliphatic rings. The Morgan fingerprint density at radius 2 is 2.08 bits per heavy atom. The van der Waals surface area contributed by atoms with Gasteiger partial charge in [0.05, 0.1) is 10.5 Å². The SMILES string of the molecule is O=C([O-])CCCN1C(=O)/C(=C\c2cccc(C(F)(F)F)c2)SC1=S. The van der Waals surface area contributed by atoms with E-state index in [2.05, 4.69) is 0 Å². The van der Waals surface area contributed by atoms with Gasteiger partial charge in [0.1, 0.15) is 4.32 Å². The molecule has 1 fully saturated rings. The molecule has 4 nitrogen and oxygen atoms in total. The lowest BCUT2D eigenvalue weighted by molar-refractivity contribution is -0.305. The van der Waals surface area contributed by atoms with Gasteiger partial charge in [0.25, 0.3) is 5.91 Å². The Kier molecular flexibility index (Phi) is 5.66. The molecule has 0 bridgehead atoms. The van der Waals surface area contributed by atoms with E-state index in [0.29, 0.717) is 0 Å². The molecule has 24 heavy (non-hydrogen) atoms. The Hall–Kier alpha value is -1.87. The van der Waals surface area contributed by atoms with Crippen LogP contribution in [0.5, 0.6) is 0 Å². The molecule has 0 radical (unpaired) electrons. The van der Waals surface area contributed by atoms with E-state index in [1.54, 1.807) is 0 Å². The summed E-state index contributed by atoms with van der Waals surface area (Å²) in [4.78, 5) is 24.1. The van der Waals surface area contributed by atoms with Gasteiger partial charge >= 0.3 is 6.18 Å². The standard InChI is InChI=1S/C15H12F3NO3S2/c16-15(17,18)10-4-1-3-9(7-10)8-11-13(22)19(14(23)24-11)6-2-5-12(20)21/h1,3-4,7-8H,2,5-6H2,(H,20,21)/p-1/b11-8+. The molecule has 0 aliphatic carbocycles. The van der Waals surface area contributed by atoms with Crippen LogP contribution in [0.25, 0.3) is 6.08 Å². The second kappa shape index (κ2) is 7.35. The molecule has 1 aliphatic heterocycles. The number of thioether (sulfide) groups is 1. The summed E-state index contributed by atoms with van der Waals surface area (Å²) in [5.74, 6) is -1.67. The summed E-state index contributed by atoms with van der Waals surface area (Å²) in [5, 5.41) is 10.4. The lowest BCUT2D eigenvalue weighted by Crippen LogP contribution is -2.30. The fraction of sp³-hybridized carbons (Fsp3) is 0.267. The van der Waals surface area contributed by atoms with E-state index in [-0.39, 0.29) is 34.2 Å². The molecular weight excluding hydrogens is 363 g/mol. The predicted molar refractivity (Wildman–Crippen MR) is 85.6 cm³/mol. The van der Waals surface area contributed by atoms with Crippen molar-refractivity contribution >= 4 is 46.3 Å². The Morgan fingerprint density at radius 1 is 1.38 bits per heavy atom. The highest BCUT2D eigenvalue weighted by Crippen LogP contribution is 2.34. The molecular formula is C15H11F3NO3S2-. The van der Waals surface area contributed by atoms with Gasteiger partial charge in [-0.1, -0.05) is 36.1 Å². The molecule has 9 heteroatoms. The zero-order valence-electron chi connectivity index (χ0n) is 12.1. The largest absolute Gasteiger partial charge is 0.550 e. The molecule has 1 saturated heterocycles. The van der Waals surface area contributed by atoms with Gasteiger partial charge in [-0.05, 0) is 36.6 Å². The number of rotatable bonds is 5. The first-order valence-corrected chi connectivity index (χ1v) is 8.03. The topological polar surface area (TPSA) is 60.4 Å². The third-order valence-electron chi connectivity index (χ3n) is 3.15. The first kappa shape index (κ1) is 18.5. The Bertz CT molecular complexity index is 716. The summed E-state index contributed by atoms with van der Waals surface area (Å²) < 4.78 is 38.4. The number of benzene rings is 1. The minimum Gasteiger partial charge on any atom is -0.550 e. The van der Waals surface area contributed by atoms with Crippen molar-refractivity contribution in [3.8, 4) is 0 Å².